The van der Waals surface area contributed by atoms with Gasteiger partial charge in [0.15, 0.2) is 0 Å². The molecule has 1 saturated carbocycles. The number of hydrogen-bond acceptors (Lipinski definition) is 4. The number of nitrogens with two attached hydrogens (primary N) is 1. The lowest BCUT2D eigenvalue weighted by Gasteiger charge is -2.37. The number of carbonyl (C=O) groups is 1. The Bertz CT molecular complexity index is 796. The van der Waals surface area contributed by atoms with Gasteiger partial charge in [-0.3, -0.25) is 4.79 Å². The van der Waals surface area contributed by atoms with Gasteiger partial charge in [-0.2, -0.15) is 0 Å². The first-order valence-corrected chi connectivity index (χ1v) is 9.93. The van der Waals surface area contributed by atoms with Crippen LogP contribution in [0.25, 0.3) is 0 Å². The van der Waals surface area contributed by atoms with Gasteiger partial charge in [-0.05, 0) is 64.0 Å². The number of rotatable bonds is 4. The lowest BCUT2D eigenvalue weighted by molar-refractivity contribution is 0.0746. The number of aromatic nitrogens is 1. The van der Waals surface area contributed by atoms with E-state index in [4.69, 9.17) is 5.73 Å². The van der Waals surface area contributed by atoms with Gasteiger partial charge >= 0.3 is 0 Å². The Morgan fingerprint density at radius 2 is 1.92 bits per heavy atom. The standard InChI is InChI=1S/C20H23BrN4O/c21-19-6-4-16(13-23-19)20(26)25-9-7-24(8-10-25)18-5-3-15(14-1-2-14)11-17(18)12-22/h3-6,11,13-14H,1-2,7-10,12,22H2. The molecule has 136 valence electrons. The molecule has 2 fully saturated rings. The van der Waals surface area contributed by atoms with Crippen LogP contribution < -0.4 is 10.6 Å². The average molecular weight is 415 g/mol. The van der Waals surface area contributed by atoms with E-state index >= 15 is 0 Å². The third kappa shape index (κ3) is 3.62. The van der Waals surface area contributed by atoms with E-state index in [9.17, 15) is 4.79 Å². The number of hydrogen-bond donors (Lipinski definition) is 1. The number of amides is 1. The van der Waals surface area contributed by atoms with E-state index in [-0.39, 0.29) is 5.91 Å². The van der Waals surface area contributed by atoms with E-state index in [1.807, 2.05) is 11.0 Å². The molecule has 5 nitrogen and oxygen atoms in total. The first-order chi connectivity index (χ1) is 12.7. The van der Waals surface area contributed by atoms with Crippen molar-refractivity contribution >= 4 is 27.5 Å². The predicted octanol–water partition coefficient (Wildman–Crippen LogP) is 3.14. The zero-order valence-electron chi connectivity index (χ0n) is 14.7. The Labute approximate surface area is 162 Å². The Morgan fingerprint density at radius 1 is 1.15 bits per heavy atom. The van der Waals surface area contributed by atoms with Gasteiger partial charge in [0.05, 0.1) is 5.56 Å². The van der Waals surface area contributed by atoms with Gasteiger partial charge in [0.2, 0.25) is 0 Å². The Balaban J connectivity index is 1.43. The summed E-state index contributed by atoms with van der Waals surface area (Å²) in [5.41, 5.74) is 10.5. The highest BCUT2D eigenvalue weighted by Gasteiger charge is 2.26. The fourth-order valence-corrected chi connectivity index (χ4v) is 3.82. The first kappa shape index (κ1) is 17.5. The number of benzene rings is 1. The zero-order chi connectivity index (χ0) is 18.1. The summed E-state index contributed by atoms with van der Waals surface area (Å²) in [7, 11) is 0. The molecule has 0 radical (unpaired) electrons. The molecule has 26 heavy (non-hydrogen) atoms. The van der Waals surface area contributed by atoms with Crippen LogP contribution in [-0.2, 0) is 6.54 Å². The van der Waals surface area contributed by atoms with Crippen LogP contribution in [0.5, 0.6) is 0 Å². The number of nitrogens with zero attached hydrogens (tertiary/aromatic N) is 3. The minimum atomic E-state index is 0.0489. The Morgan fingerprint density at radius 3 is 2.54 bits per heavy atom. The molecule has 2 aliphatic rings. The summed E-state index contributed by atoms with van der Waals surface area (Å²) in [4.78, 5) is 21.0. The highest BCUT2D eigenvalue weighted by Crippen LogP contribution is 2.41. The summed E-state index contributed by atoms with van der Waals surface area (Å²) in [6.07, 6.45) is 4.23. The van der Waals surface area contributed by atoms with Gasteiger partial charge in [0.1, 0.15) is 4.60 Å². The van der Waals surface area contributed by atoms with E-state index in [0.717, 1.165) is 23.6 Å². The van der Waals surface area contributed by atoms with E-state index in [1.54, 1.807) is 12.3 Å². The summed E-state index contributed by atoms with van der Waals surface area (Å²) in [5, 5.41) is 0. The molecule has 1 aliphatic carbocycles. The molecule has 6 heteroatoms. The lowest BCUT2D eigenvalue weighted by atomic mass is 10.0. The van der Waals surface area contributed by atoms with Crippen molar-refractivity contribution in [2.24, 2.45) is 5.73 Å². The molecule has 1 amide bonds. The topological polar surface area (TPSA) is 62.5 Å². The molecule has 0 bridgehead atoms. The maximum atomic E-state index is 12.6. The minimum absolute atomic E-state index is 0.0489. The maximum absolute atomic E-state index is 12.6. The molecule has 4 rings (SSSR count). The van der Waals surface area contributed by atoms with Crippen LogP contribution in [0.1, 0.15) is 40.2 Å². The van der Waals surface area contributed by atoms with Crippen LogP contribution in [0.2, 0.25) is 0 Å². The number of anilines is 1. The monoisotopic (exact) mass is 414 g/mol. The van der Waals surface area contributed by atoms with Crippen molar-refractivity contribution in [1.29, 1.82) is 0 Å². The summed E-state index contributed by atoms with van der Waals surface area (Å²) in [6.45, 7) is 3.63. The second-order valence-corrected chi connectivity index (χ2v) is 7.83. The van der Waals surface area contributed by atoms with Crippen molar-refractivity contribution in [3.05, 3.63) is 57.8 Å². The third-order valence-corrected chi connectivity index (χ3v) is 5.72. The van der Waals surface area contributed by atoms with Crippen molar-refractivity contribution in [2.45, 2.75) is 25.3 Å². The van der Waals surface area contributed by atoms with Crippen molar-refractivity contribution in [2.75, 3.05) is 31.1 Å². The van der Waals surface area contributed by atoms with Crippen LogP contribution in [0.15, 0.2) is 41.1 Å². The quantitative estimate of drug-likeness (QED) is 0.780. The van der Waals surface area contributed by atoms with Crippen LogP contribution in [0.4, 0.5) is 5.69 Å². The van der Waals surface area contributed by atoms with Gasteiger partial charge in [-0.25, -0.2) is 4.98 Å². The molecule has 0 atom stereocenters. The lowest BCUT2D eigenvalue weighted by Crippen LogP contribution is -2.49. The molecular formula is C20H23BrN4O. The van der Waals surface area contributed by atoms with E-state index in [2.05, 4.69) is 44.0 Å². The molecule has 2 aromatic rings. The van der Waals surface area contributed by atoms with Crippen LogP contribution in [0, 0.1) is 0 Å². The number of halogens is 1. The molecule has 2 N–H and O–H groups in total. The first-order valence-electron chi connectivity index (χ1n) is 9.14. The van der Waals surface area contributed by atoms with Gasteiger partial charge in [0.25, 0.3) is 5.91 Å². The van der Waals surface area contributed by atoms with Gasteiger partial charge < -0.3 is 15.5 Å². The fourth-order valence-electron chi connectivity index (χ4n) is 3.58. The highest BCUT2D eigenvalue weighted by molar-refractivity contribution is 9.10. The van der Waals surface area contributed by atoms with Crippen LogP contribution in [-0.4, -0.2) is 42.0 Å². The average Bonchev–Trinajstić information content (AvgIpc) is 3.53. The highest BCUT2D eigenvalue weighted by atomic mass is 79.9. The largest absolute Gasteiger partial charge is 0.368 e. The van der Waals surface area contributed by atoms with E-state index < -0.39 is 0 Å². The van der Waals surface area contributed by atoms with Crippen molar-refractivity contribution in [3.63, 3.8) is 0 Å². The molecular weight excluding hydrogens is 392 g/mol. The molecule has 1 aliphatic heterocycles. The normalized spacial score (nSPS) is 17.5. The minimum Gasteiger partial charge on any atom is -0.368 e. The fraction of sp³-hybridized carbons (Fsp3) is 0.400. The summed E-state index contributed by atoms with van der Waals surface area (Å²) < 4.78 is 0.739. The molecule has 0 spiro atoms. The Kier molecular flexibility index (Phi) is 4.96. The second-order valence-electron chi connectivity index (χ2n) is 7.02. The molecule has 1 aromatic carbocycles. The summed E-state index contributed by atoms with van der Waals surface area (Å²) in [5.74, 6) is 0.788. The SMILES string of the molecule is NCc1cc(C2CC2)ccc1N1CCN(C(=O)c2ccc(Br)nc2)CC1. The number of piperazine rings is 1. The molecule has 1 aromatic heterocycles. The smallest absolute Gasteiger partial charge is 0.255 e. The zero-order valence-corrected chi connectivity index (χ0v) is 16.3. The maximum Gasteiger partial charge on any atom is 0.255 e. The summed E-state index contributed by atoms with van der Waals surface area (Å²) in [6, 6.07) is 10.4. The van der Waals surface area contributed by atoms with Gasteiger partial charge in [-0.15, -0.1) is 0 Å². The second kappa shape index (κ2) is 7.37. The van der Waals surface area contributed by atoms with Crippen LogP contribution >= 0.6 is 15.9 Å². The van der Waals surface area contributed by atoms with Gasteiger partial charge in [-0.1, -0.05) is 12.1 Å². The predicted molar refractivity (Wildman–Crippen MR) is 106 cm³/mol. The summed E-state index contributed by atoms with van der Waals surface area (Å²) >= 11 is 3.30. The molecule has 1 saturated heterocycles. The van der Waals surface area contributed by atoms with Crippen molar-refractivity contribution < 1.29 is 4.79 Å². The van der Waals surface area contributed by atoms with Crippen molar-refractivity contribution in [3.8, 4) is 0 Å². The van der Waals surface area contributed by atoms with Crippen LogP contribution in [0.3, 0.4) is 0 Å². The third-order valence-electron chi connectivity index (χ3n) is 5.25. The van der Waals surface area contributed by atoms with Gasteiger partial charge in [0, 0.05) is 44.6 Å². The van der Waals surface area contributed by atoms with E-state index in [0.29, 0.717) is 25.2 Å². The number of pyridine rings is 1. The molecule has 0 unspecified atom stereocenters. The van der Waals surface area contributed by atoms with Crippen molar-refractivity contribution in [1.82, 2.24) is 9.88 Å². The van der Waals surface area contributed by atoms with E-state index in [1.165, 1.54) is 29.7 Å². The molecule has 2 heterocycles. The number of carbonyl (C=O) groups excluding carboxylic acids is 1. The Hall–Kier alpha value is -1.92.